The first-order valence-corrected chi connectivity index (χ1v) is 7.20. The number of hydrogen-bond donors (Lipinski definition) is 2. The first kappa shape index (κ1) is 15.1. The molecule has 0 aliphatic heterocycles. The number of benzene rings is 1. The maximum atomic E-state index is 7.90. The molecular weight excluding hydrogens is 288 g/mol. The molecule has 1 aromatic rings. The molecule has 1 rings (SSSR count). The molecule has 0 spiro atoms. The standard InChI is InChI=1S/C15H21BrN2/c1-3-4-15(18)9-13(10-17)11(2)12-5-7-14(16)8-6-12/h5-8,10-11,13,17-18H,3-4,9H2,1-2H3/t11?,13-/m1/s1. The van der Waals surface area contributed by atoms with Gasteiger partial charge in [-0.05, 0) is 42.7 Å². The highest BCUT2D eigenvalue weighted by atomic mass is 79.9. The van der Waals surface area contributed by atoms with E-state index in [1.807, 2.05) is 12.1 Å². The molecule has 18 heavy (non-hydrogen) atoms. The normalized spacial score (nSPS) is 13.9. The third-order valence-corrected chi connectivity index (χ3v) is 3.81. The van der Waals surface area contributed by atoms with Crippen molar-refractivity contribution < 1.29 is 0 Å². The maximum Gasteiger partial charge on any atom is 0.0175 e. The highest BCUT2D eigenvalue weighted by Crippen LogP contribution is 2.27. The Morgan fingerprint density at radius 1 is 1.33 bits per heavy atom. The van der Waals surface area contributed by atoms with Crippen molar-refractivity contribution in [2.45, 2.75) is 39.0 Å². The Morgan fingerprint density at radius 3 is 2.44 bits per heavy atom. The van der Waals surface area contributed by atoms with Crippen LogP contribution in [0.3, 0.4) is 0 Å². The number of nitrogens with one attached hydrogen (secondary N) is 2. The highest BCUT2D eigenvalue weighted by Gasteiger charge is 2.18. The van der Waals surface area contributed by atoms with E-state index in [-0.39, 0.29) is 11.8 Å². The largest absolute Gasteiger partial charge is 0.313 e. The summed E-state index contributed by atoms with van der Waals surface area (Å²) in [6.07, 6.45) is 4.05. The molecule has 2 atom stereocenters. The Balaban J connectivity index is 2.72. The molecule has 0 aromatic heterocycles. The van der Waals surface area contributed by atoms with E-state index in [0.717, 1.165) is 23.0 Å². The van der Waals surface area contributed by atoms with Crippen LogP contribution >= 0.6 is 15.9 Å². The minimum absolute atomic E-state index is 0.130. The predicted molar refractivity (Wildman–Crippen MR) is 82.1 cm³/mol. The molecule has 0 heterocycles. The van der Waals surface area contributed by atoms with Crippen molar-refractivity contribution in [2.75, 3.05) is 0 Å². The highest BCUT2D eigenvalue weighted by molar-refractivity contribution is 9.10. The van der Waals surface area contributed by atoms with E-state index in [9.17, 15) is 0 Å². The summed E-state index contributed by atoms with van der Waals surface area (Å²) >= 11 is 3.43. The minimum atomic E-state index is 0.130. The van der Waals surface area contributed by atoms with E-state index in [0.29, 0.717) is 6.42 Å². The second-order valence-electron chi connectivity index (χ2n) is 4.73. The average molecular weight is 309 g/mol. The van der Waals surface area contributed by atoms with E-state index in [2.05, 4.69) is 41.9 Å². The van der Waals surface area contributed by atoms with Crippen LogP contribution in [0.4, 0.5) is 0 Å². The zero-order valence-corrected chi connectivity index (χ0v) is 12.6. The van der Waals surface area contributed by atoms with Crippen LogP contribution in [0.1, 0.15) is 44.6 Å². The van der Waals surface area contributed by atoms with Gasteiger partial charge in [0.15, 0.2) is 0 Å². The smallest absolute Gasteiger partial charge is 0.0175 e. The van der Waals surface area contributed by atoms with Crippen molar-refractivity contribution in [1.29, 1.82) is 10.8 Å². The average Bonchev–Trinajstić information content (AvgIpc) is 2.36. The first-order valence-electron chi connectivity index (χ1n) is 6.40. The summed E-state index contributed by atoms with van der Waals surface area (Å²) in [5, 5.41) is 15.5. The van der Waals surface area contributed by atoms with Gasteiger partial charge in [0.25, 0.3) is 0 Å². The van der Waals surface area contributed by atoms with Gasteiger partial charge in [-0.2, -0.15) is 0 Å². The first-order chi connectivity index (χ1) is 8.58. The fraction of sp³-hybridized carbons (Fsp3) is 0.467. The summed E-state index contributed by atoms with van der Waals surface area (Å²) in [4.78, 5) is 0. The minimum Gasteiger partial charge on any atom is -0.313 e. The lowest BCUT2D eigenvalue weighted by Gasteiger charge is -2.20. The van der Waals surface area contributed by atoms with Crippen molar-refractivity contribution >= 4 is 27.9 Å². The van der Waals surface area contributed by atoms with Crippen molar-refractivity contribution in [3.05, 3.63) is 34.3 Å². The van der Waals surface area contributed by atoms with Crippen LogP contribution in [0.25, 0.3) is 0 Å². The third-order valence-electron chi connectivity index (χ3n) is 3.29. The molecule has 0 amide bonds. The summed E-state index contributed by atoms with van der Waals surface area (Å²) in [5.41, 5.74) is 1.99. The monoisotopic (exact) mass is 308 g/mol. The number of rotatable bonds is 7. The van der Waals surface area contributed by atoms with Gasteiger partial charge in [0, 0.05) is 16.1 Å². The van der Waals surface area contributed by atoms with Crippen molar-refractivity contribution in [1.82, 2.24) is 0 Å². The van der Waals surface area contributed by atoms with Gasteiger partial charge >= 0.3 is 0 Å². The lowest BCUT2D eigenvalue weighted by Crippen LogP contribution is -2.15. The van der Waals surface area contributed by atoms with Crippen molar-refractivity contribution in [3.63, 3.8) is 0 Å². The van der Waals surface area contributed by atoms with Gasteiger partial charge in [0.1, 0.15) is 0 Å². The van der Waals surface area contributed by atoms with E-state index in [1.165, 1.54) is 11.8 Å². The molecule has 0 saturated heterocycles. The van der Waals surface area contributed by atoms with E-state index >= 15 is 0 Å². The maximum absolute atomic E-state index is 7.90. The zero-order valence-electron chi connectivity index (χ0n) is 11.0. The quantitative estimate of drug-likeness (QED) is 0.664. The van der Waals surface area contributed by atoms with E-state index in [1.54, 1.807) is 0 Å². The molecule has 2 N–H and O–H groups in total. The number of hydrogen-bond acceptors (Lipinski definition) is 2. The summed E-state index contributed by atoms with van der Waals surface area (Å²) in [6, 6.07) is 8.25. The molecule has 2 nitrogen and oxygen atoms in total. The molecule has 0 radical (unpaired) electrons. The molecule has 0 saturated carbocycles. The lowest BCUT2D eigenvalue weighted by molar-refractivity contribution is 0.595. The topological polar surface area (TPSA) is 47.7 Å². The van der Waals surface area contributed by atoms with Crippen molar-refractivity contribution in [2.24, 2.45) is 5.92 Å². The van der Waals surface area contributed by atoms with Crippen LogP contribution in [0.15, 0.2) is 28.7 Å². The fourth-order valence-electron chi connectivity index (χ4n) is 2.08. The van der Waals surface area contributed by atoms with Gasteiger partial charge < -0.3 is 10.8 Å². The van der Waals surface area contributed by atoms with Gasteiger partial charge in [-0.25, -0.2) is 0 Å². The van der Waals surface area contributed by atoms with Crippen LogP contribution in [-0.4, -0.2) is 11.9 Å². The van der Waals surface area contributed by atoms with Crippen LogP contribution in [0, 0.1) is 16.7 Å². The van der Waals surface area contributed by atoms with Crippen LogP contribution < -0.4 is 0 Å². The fourth-order valence-corrected chi connectivity index (χ4v) is 2.35. The third kappa shape index (κ3) is 4.37. The summed E-state index contributed by atoms with van der Waals surface area (Å²) in [7, 11) is 0. The SMILES string of the molecule is CCCC(=N)C[C@H](C=N)C(C)c1ccc(Br)cc1. The lowest BCUT2D eigenvalue weighted by atomic mass is 9.84. The molecular formula is C15H21BrN2. The Hall–Kier alpha value is -0.960. The van der Waals surface area contributed by atoms with Crippen LogP contribution in [0.2, 0.25) is 0 Å². The second kappa shape index (κ2) is 7.47. The summed E-state index contributed by atoms with van der Waals surface area (Å²) in [6.45, 7) is 4.23. The molecule has 98 valence electrons. The van der Waals surface area contributed by atoms with E-state index < -0.39 is 0 Å². The van der Waals surface area contributed by atoms with Crippen LogP contribution in [0.5, 0.6) is 0 Å². The van der Waals surface area contributed by atoms with Crippen LogP contribution in [-0.2, 0) is 0 Å². The number of halogens is 1. The summed E-state index contributed by atoms with van der Waals surface area (Å²) in [5.74, 6) is 0.415. The van der Waals surface area contributed by atoms with Crippen molar-refractivity contribution in [3.8, 4) is 0 Å². The molecule has 3 heteroatoms. The molecule has 0 aliphatic carbocycles. The zero-order chi connectivity index (χ0) is 13.5. The Kier molecular flexibility index (Phi) is 6.27. The Bertz CT molecular complexity index is 397. The molecule has 0 fully saturated rings. The van der Waals surface area contributed by atoms with Gasteiger partial charge in [-0.1, -0.05) is 48.3 Å². The van der Waals surface area contributed by atoms with Gasteiger partial charge in [0.2, 0.25) is 0 Å². The molecule has 0 bridgehead atoms. The summed E-state index contributed by atoms with van der Waals surface area (Å²) < 4.78 is 1.07. The van der Waals surface area contributed by atoms with Gasteiger partial charge in [-0.15, -0.1) is 0 Å². The van der Waals surface area contributed by atoms with Gasteiger partial charge in [0.05, 0.1) is 0 Å². The predicted octanol–water partition coefficient (Wildman–Crippen LogP) is 5.03. The second-order valence-corrected chi connectivity index (χ2v) is 5.64. The molecule has 1 unspecified atom stereocenters. The molecule has 1 aromatic carbocycles. The Morgan fingerprint density at radius 2 is 1.94 bits per heavy atom. The van der Waals surface area contributed by atoms with E-state index in [4.69, 9.17) is 10.8 Å². The van der Waals surface area contributed by atoms with Gasteiger partial charge in [-0.3, -0.25) is 0 Å². The Labute approximate surface area is 118 Å². The molecule has 0 aliphatic rings.